The fourth-order valence-electron chi connectivity index (χ4n) is 5.91. The van der Waals surface area contributed by atoms with Crippen molar-refractivity contribution in [3.05, 3.63) is 29.6 Å². The van der Waals surface area contributed by atoms with E-state index in [1.807, 2.05) is 18.2 Å². The first kappa shape index (κ1) is 24.7. The molecule has 0 bridgehead atoms. The Hall–Kier alpha value is -2.37. The van der Waals surface area contributed by atoms with Crippen LogP contribution in [0.1, 0.15) is 101 Å². The zero-order valence-corrected chi connectivity index (χ0v) is 20.9. The number of nitrogens with zero attached hydrogens (tertiary/aromatic N) is 2. The summed E-state index contributed by atoms with van der Waals surface area (Å²) in [4.78, 5) is 29.9. The lowest BCUT2D eigenvalue weighted by Gasteiger charge is -2.25. The number of rotatable bonds is 9. The summed E-state index contributed by atoms with van der Waals surface area (Å²) in [6.07, 6.45) is 13.7. The molecule has 4 rings (SSSR count). The third-order valence-corrected chi connectivity index (χ3v) is 7.73. The Morgan fingerprint density at radius 1 is 1.03 bits per heavy atom. The number of carboxylic acids is 1. The van der Waals surface area contributed by atoms with Crippen molar-refractivity contribution in [1.82, 2.24) is 14.9 Å². The van der Waals surface area contributed by atoms with Gasteiger partial charge in [-0.1, -0.05) is 78.1 Å². The van der Waals surface area contributed by atoms with Crippen LogP contribution in [0.4, 0.5) is 0 Å². The van der Waals surface area contributed by atoms with E-state index in [-0.39, 0.29) is 5.91 Å². The molecule has 2 fully saturated rings. The van der Waals surface area contributed by atoms with Crippen molar-refractivity contribution >= 4 is 22.9 Å². The molecule has 34 heavy (non-hydrogen) atoms. The fourth-order valence-corrected chi connectivity index (χ4v) is 5.91. The number of nitrogens with one attached hydrogen (secondary N) is 1. The Kier molecular flexibility index (Phi) is 8.28. The van der Waals surface area contributed by atoms with Gasteiger partial charge in [0.2, 0.25) is 0 Å². The maximum Gasteiger partial charge on any atom is 0.326 e. The molecule has 1 atom stereocenters. The number of fused-ring (bicyclic) bond motifs is 1. The highest BCUT2D eigenvalue weighted by molar-refractivity contribution is 5.99. The van der Waals surface area contributed by atoms with Crippen molar-refractivity contribution in [2.45, 2.75) is 103 Å². The first-order valence-electron chi connectivity index (χ1n) is 13.4. The largest absolute Gasteiger partial charge is 0.480 e. The van der Waals surface area contributed by atoms with Crippen LogP contribution in [0, 0.1) is 17.8 Å². The number of benzene rings is 1. The van der Waals surface area contributed by atoms with E-state index in [4.69, 9.17) is 4.98 Å². The van der Waals surface area contributed by atoms with Crippen LogP contribution in [0.25, 0.3) is 11.0 Å². The second kappa shape index (κ2) is 11.4. The third kappa shape index (κ3) is 6.19. The van der Waals surface area contributed by atoms with E-state index in [0.29, 0.717) is 29.7 Å². The molecule has 1 aromatic heterocycles. The Balaban J connectivity index is 1.52. The van der Waals surface area contributed by atoms with Gasteiger partial charge in [-0.25, -0.2) is 9.78 Å². The summed E-state index contributed by atoms with van der Waals surface area (Å²) < 4.78 is 2.33. The number of aromatic nitrogens is 2. The number of hydrogen-bond acceptors (Lipinski definition) is 3. The lowest BCUT2D eigenvalue weighted by Crippen LogP contribution is -2.42. The predicted molar refractivity (Wildman–Crippen MR) is 135 cm³/mol. The van der Waals surface area contributed by atoms with Crippen LogP contribution in [0.15, 0.2) is 18.2 Å². The number of carboxylic acid groups (broad SMARTS) is 1. The van der Waals surface area contributed by atoms with Crippen LogP contribution in [-0.4, -0.2) is 32.6 Å². The van der Waals surface area contributed by atoms with Gasteiger partial charge in [-0.3, -0.25) is 4.79 Å². The minimum Gasteiger partial charge on any atom is -0.480 e. The minimum atomic E-state index is -0.948. The molecule has 186 valence electrons. The third-order valence-electron chi connectivity index (χ3n) is 7.73. The van der Waals surface area contributed by atoms with Crippen molar-refractivity contribution in [3.8, 4) is 0 Å². The van der Waals surface area contributed by atoms with Gasteiger partial charge >= 0.3 is 5.97 Å². The number of hydrogen-bond donors (Lipinski definition) is 2. The quantitative estimate of drug-likeness (QED) is 0.476. The maximum absolute atomic E-state index is 13.0. The van der Waals surface area contributed by atoms with E-state index >= 15 is 0 Å². The van der Waals surface area contributed by atoms with Crippen molar-refractivity contribution in [2.75, 3.05) is 0 Å². The molecule has 2 saturated carbocycles. The van der Waals surface area contributed by atoms with Crippen LogP contribution >= 0.6 is 0 Å². The second-order valence-electron chi connectivity index (χ2n) is 11.0. The zero-order valence-electron chi connectivity index (χ0n) is 20.9. The van der Waals surface area contributed by atoms with Crippen molar-refractivity contribution < 1.29 is 14.7 Å². The normalized spacial score (nSPS) is 18.9. The number of amides is 1. The van der Waals surface area contributed by atoms with Gasteiger partial charge in [-0.15, -0.1) is 0 Å². The van der Waals surface area contributed by atoms with Gasteiger partial charge in [-0.2, -0.15) is 0 Å². The Morgan fingerprint density at radius 3 is 2.29 bits per heavy atom. The van der Waals surface area contributed by atoms with E-state index in [1.54, 1.807) is 0 Å². The summed E-state index contributed by atoms with van der Waals surface area (Å²) in [5.74, 6) is 1.42. The predicted octanol–water partition coefficient (Wildman–Crippen LogP) is 5.97. The Morgan fingerprint density at radius 2 is 1.68 bits per heavy atom. The highest BCUT2D eigenvalue weighted by Crippen LogP contribution is 2.30. The summed E-state index contributed by atoms with van der Waals surface area (Å²) in [5.41, 5.74) is 2.38. The number of imidazole rings is 1. The van der Waals surface area contributed by atoms with E-state index in [0.717, 1.165) is 55.5 Å². The van der Waals surface area contributed by atoms with Crippen LogP contribution < -0.4 is 5.32 Å². The second-order valence-corrected chi connectivity index (χ2v) is 11.0. The summed E-state index contributed by atoms with van der Waals surface area (Å²) in [6.45, 7) is 5.35. The molecule has 0 unspecified atom stereocenters. The van der Waals surface area contributed by atoms with Crippen LogP contribution in [0.3, 0.4) is 0 Å². The molecule has 2 aromatic rings. The lowest BCUT2D eigenvalue weighted by molar-refractivity contribution is -0.139. The molecule has 0 radical (unpaired) electrons. The molecule has 0 saturated heterocycles. The molecule has 2 aliphatic rings. The Bertz CT molecular complexity index is 984. The fraction of sp³-hybridized carbons (Fsp3) is 0.679. The SMILES string of the molecule is CC(C)Cn1c(CC2CCCCC2)nc2cc(C(=O)N[C@@H](CC3CCCCC3)C(=O)O)ccc21. The molecule has 1 heterocycles. The molecule has 0 spiro atoms. The van der Waals surface area contributed by atoms with E-state index in [9.17, 15) is 14.7 Å². The smallest absolute Gasteiger partial charge is 0.326 e. The average molecular weight is 468 g/mol. The van der Waals surface area contributed by atoms with Gasteiger partial charge in [0.15, 0.2) is 0 Å². The van der Waals surface area contributed by atoms with Crippen LogP contribution in [-0.2, 0) is 17.8 Å². The van der Waals surface area contributed by atoms with Gasteiger partial charge in [0, 0.05) is 18.5 Å². The van der Waals surface area contributed by atoms with Gasteiger partial charge in [0.05, 0.1) is 11.0 Å². The maximum atomic E-state index is 13.0. The molecule has 1 aromatic carbocycles. The molecular weight excluding hydrogens is 426 g/mol. The van der Waals surface area contributed by atoms with Crippen molar-refractivity contribution in [3.63, 3.8) is 0 Å². The summed E-state index contributed by atoms with van der Waals surface area (Å²) in [5, 5.41) is 12.5. The summed E-state index contributed by atoms with van der Waals surface area (Å²) in [7, 11) is 0. The highest BCUT2D eigenvalue weighted by atomic mass is 16.4. The van der Waals surface area contributed by atoms with Gasteiger partial charge in [0.1, 0.15) is 11.9 Å². The summed E-state index contributed by atoms with van der Waals surface area (Å²) in [6, 6.07) is 4.80. The first-order chi connectivity index (χ1) is 16.4. The monoisotopic (exact) mass is 467 g/mol. The number of aliphatic carboxylic acids is 1. The molecule has 2 N–H and O–H groups in total. The molecule has 0 aliphatic heterocycles. The van der Waals surface area contributed by atoms with Gasteiger partial charge < -0.3 is 15.0 Å². The first-order valence-corrected chi connectivity index (χ1v) is 13.4. The number of carbonyl (C=O) groups excluding carboxylic acids is 1. The van der Waals surface area contributed by atoms with Gasteiger partial charge in [0.25, 0.3) is 5.91 Å². The minimum absolute atomic E-state index is 0.322. The highest BCUT2D eigenvalue weighted by Gasteiger charge is 2.26. The van der Waals surface area contributed by atoms with Crippen molar-refractivity contribution in [2.24, 2.45) is 17.8 Å². The number of carbonyl (C=O) groups is 2. The molecule has 6 nitrogen and oxygen atoms in total. The van der Waals surface area contributed by atoms with Gasteiger partial charge in [-0.05, 0) is 42.4 Å². The molecule has 6 heteroatoms. The van der Waals surface area contributed by atoms with E-state index in [1.165, 1.54) is 38.5 Å². The topological polar surface area (TPSA) is 84.2 Å². The molecular formula is C28H41N3O3. The molecule has 2 aliphatic carbocycles. The standard InChI is InChI=1S/C28H41N3O3/c1-19(2)18-31-25-14-13-22(17-23(25)29-26(31)16-21-11-7-4-8-12-21)27(32)30-24(28(33)34)15-20-9-5-3-6-10-20/h13-14,17,19-21,24H,3-12,15-16,18H2,1-2H3,(H,30,32)(H,33,34)/t24-/m0/s1. The van der Waals surface area contributed by atoms with Crippen LogP contribution in [0.2, 0.25) is 0 Å². The summed E-state index contributed by atoms with van der Waals surface area (Å²) >= 11 is 0. The van der Waals surface area contributed by atoms with Crippen molar-refractivity contribution in [1.29, 1.82) is 0 Å². The average Bonchev–Trinajstić information content (AvgIpc) is 3.15. The zero-order chi connectivity index (χ0) is 24.1. The molecule has 1 amide bonds. The Labute approximate surface area is 203 Å². The van der Waals surface area contributed by atoms with E-state index in [2.05, 4.69) is 23.7 Å². The van der Waals surface area contributed by atoms with E-state index < -0.39 is 12.0 Å². The van der Waals surface area contributed by atoms with Crippen LogP contribution in [0.5, 0.6) is 0 Å². The lowest BCUT2D eigenvalue weighted by atomic mass is 9.85.